The van der Waals surface area contributed by atoms with Gasteiger partial charge in [0.25, 0.3) is 5.91 Å². The normalized spacial score (nSPS) is 11.3. The van der Waals surface area contributed by atoms with E-state index in [0.717, 1.165) is 0 Å². The van der Waals surface area contributed by atoms with Gasteiger partial charge in [0.05, 0.1) is 0 Å². The molecule has 2 N–H and O–H groups in total. The van der Waals surface area contributed by atoms with E-state index in [1.54, 1.807) is 0 Å². The van der Waals surface area contributed by atoms with Crippen molar-refractivity contribution in [3.63, 3.8) is 0 Å². The van der Waals surface area contributed by atoms with E-state index in [2.05, 4.69) is 10.6 Å². The number of hydrogen-bond acceptors (Lipinski definition) is 3. The van der Waals surface area contributed by atoms with Gasteiger partial charge in [-0.3, -0.25) is 14.4 Å². The number of nitrogens with zero attached hydrogens (tertiary/aromatic N) is 1. The number of carbonyl (C=O) groups is 3. The van der Waals surface area contributed by atoms with E-state index in [1.807, 2.05) is 0 Å². The van der Waals surface area contributed by atoms with Crippen molar-refractivity contribution in [3.8, 4) is 0 Å². The standard InChI is InChI=1S/C7H13N3O3/c1-5(12)9-6(8-4-11)7(13)10(2)3/h4,6H,1-3H3,(H,8,11)(H,9,12). The smallest absolute Gasteiger partial charge is 0.265 e. The zero-order chi connectivity index (χ0) is 10.4. The zero-order valence-corrected chi connectivity index (χ0v) is 7.83. The van der Waals surface area contributed by atoms with Gasteiger partial charge in [-0.05, 0) is 0 Å². The third-order valence-corrected chi connectivity index (χ3v) is 1.27. The molecule has 6 nitrogen and oxygen atoms in total. The summed E-state index contributed by atoms with van der Waals surface area (Å²) in [5.41, 5.74) is 0. The average Bonchev–Trinajstić information content (AvgIpc) is 2.01. The Morgan fingerprint density at radius 2 is 1.92 bits per heavy atom. The van der Waals surface area contributed by atoms with Crippen LogP contribution in [0.2, 0.25) is 0 Å². The molecule has 0 aliphatic heterocycles. The molecule has 13 heavy (non-hydrogen) atoms. The van der Waals surface area contributed by atoms with Crippen LogP contribution in [0.25, 0.3) is 0 Å². The van der Waals surface area contributed by atoms with Crippen LogP contribution in [0.15, 0.2) is 0 Å². The minimum atomic E-state index is -0.981. The van der Waals surface area contributed by atoms with Crippen molar-refractivity contribution in [3.05, 3.63) is 0 Å². The molecule has 0 saturated carbocycles. The van der Waals surface area contributed by atoms with E-state index in [-0.39, 0.29) is 11.8 Å². The topological polar surface area (TPSA) is 78.5 Å². The predicted octanol–water partition coefficient (Wildman–Crippen LogP) is -1.72. The first-order valence-corrected chi connectivity index (χ1v) is 3.67. The highest BCUT2D eigenvalue weighted by molar-refractivity contribution is 5.87. The Morgan fingerprint density at radius 1 is 1.38 bits per heavy atom. The Hall–Kier alpha value is -1.59. The van der Waals surface area contributed by atoms with Crippen molar-refractivity contribution in [1.29, 1.82) is 0 Å². The van der Waals surface area contributed by atoms with Crippen molar-refractivity contribution >= 4 is 18.2 Å². The first-order chi connectivity index (χ1) is 5.99. The third kappa shape index (κ3) is 4.09. The number of hydrogen-bond donors (Lipinski definition) is 2. The van der Waals surface area contributed by atoms with Crippen LogP contribution in [0.5, 0.6) is 0 Å². The largest absolute Gasteiger partial charge is 0.345 e. The van der Waals surface area contributed by atoms with E-state index in [9.17, 15) is 14.4 Å². The summed E-state index contributed by atoms with van der Waals surface area (Å²) in [5.74, 6) is -0.767. The van der Waals surface area contributed by atoms with Gasteiger partial charge in [0.1, 0.15) is 0 Å². The summed E-state index contributed by atoms with van der Waals surface area (Å²) in [4.78, 5) is 33.2. The molecule has 0 aliphatic rings. The Labute approximate surface area is 76.3 Å². The van der Waals surface area contributed by atoms with E-state index >= 15 is 0 Å². The van der Waals surface area contributed by atoms with Crippen molar-refractivity contribution in [2.45, 2.75) is 13.1 Å². The lowest BCUT2D eigenvalue weighted by Gasteiger charge is -2.19. The number of likely N-dealkylation sites (N-methyl/N-ethyl adjacent to an activating group) is 1. The third-order valence-electron chi connectivity index (χ3n) is 1.27. The fraction of sp³-hybridized carbons (Fsp3) is 0.571. The van der Waals surface area contributed by atoms with Crippen LogP contribution < -0.4 is 10.6 Å². The minimum absolute atomic E-state index is 0.363. The molecule has 1 unspecified atom stereocenters. The SMILES string of the molecule is CC(=O)NC(NC=O)C(=O)N(C)C. The molecule has 3 amide bonds. The molecular formula is C7H13N3O3. The van der Waals surface area contributed by atoms with Crippen molar-refractivity contribution in [1.82, 2.24) is 15.5 Å². The molecular weight excluding hydrogens is 174 g/mol. The highest BCUT2D eigenvalue weighted by Gasteiger charge is 2.19. The molecule has 0 spiro atoms. The molecule has 0 aromatic carbocycles. The van der Waals surface area contributed by atoms with Crippen LogP contribution in [0, 0.1) is 0 Å². The Balaban J connectivity index is 4.31. The summed E-state index contributed by atoms with van der Waals surface area (Å²) >= 11 is 0. The fourth-order valence-electron chi connectivity index (χ4n) is 0.704. The van der Waals surface area contributed by atoms with Gasteiger partial charge in [-0.2, -0.15) is 0 Å². The zero-order valence-electron chi connectivity index (χ0n) is 7.83. The second-order valence-electron chi connectivity index (χ2n) is 2.65. The fourth-order valence-corrected chi connectivity index (χ4v) is 0.704. The van der Waals surface area contributed by atoms with Gasteiger partial charge in [-0.25, -0.2) is 0 Å². The molecule has 0 aromatic heterocycles. The highest BCUT2D eigenvalue weighted by Crippen LogP contribution is 1.85. The van der Waals surface area contributed by atoms with Crippen LogP contribution in [0.1, 0.15) is 6.92 Å². The van der Waals surface area contributed by atoms with Gasteiger partial charge in [0.2, 0.25) is 12.3 Å². The summed E-state index contributed by atoms with van der Waals surface area (Å²) < 4.78 is 0. The Kier molecular flexibility index (Phi) is 4.50. The Bertz CT molecular complexity index is 215. The predicted molar refractivity (Wildman–Crippen MR) is 45.5 cm³/mol. The van der Waals surface area contributed by atoms with E-state index in [0.29, 0.717) is 6.41 Å². The molecule has 0 rings (SSSR count). The van der Waals surface area contributed by atoms with Crippen molar-refractivity contribution < 1.29 is 14.4 Å². The minimum Gasteiger partial charge on any atom is -0.345 e. The number of rotatable bonds is 4. The summed E-state index contributed by atoms with van der Waals surface area (Å²) in [5, 5.41) is 4.48. The molecule has 0 saturated heterocycles. The molecule has 0 heterocycles. The maximum atomic E-state index is 11.3. The van der Waals surface area contributed by atoms with Gasteiger partial charge >= 0.3 is 0 Å². The van der Waals surface area contributed by atoms with Gasteiger partial charge in [-0.1, -0.05) is 0 Å². The summed E-state index contributed by atoms with van der Waals surface area (Å²) in [7, 11) is 3.06. The van der Waals surface area contributed by atoms with E-state index in [1.165, 1.54) is 25.9 Å². The summed E-state index contributed by atoms with van der Waals surface area (Å²) in [6.07, 6.45) is -0.618. The second-order valence-corrected chi connectivity index (χ2v) is 2.65. The van der Waals surface area contributed by atoms with Crippen LogP contribution in [0.3, 0.4) is 0 Å². The molecule has 6 heteroatoms. The van der Waals surface area contributed by atoms with Gasteiger partial charge in [0, 0.05) is 21.0 Å². The monoisotopic (exact) mass is 187 g/mol. The molecule has 0 aromatic rings. The second kappa shape index (κ2) is 5.13. The average molecular weight is 187 g/mol. The first kappa shape index (κ1) is 11.4. The van der Waals surface area contributed by atoms with E-state index < -0.39 is 6.17 Å². The van der Waals surface area contributed by atoms with E-state index in [4.69, 9.17) is 0 Å². The van der Waals surface area contributed by atoms with Crippen molar-refractivity contribution in [2.75, 3.05) is 14.1 Å². The Morgan fingerprint density at radius 3 is 2.23 bits per heavy atom. The van der Waals surface area contributed by atoms with Crippen molar-refractivity contribution in [2.24, 2.45) is 0 Å². The molecule has 0 bridgehead atoms. The van der Waals surface area contributed by atoms with Crippen LogP contribution in [-0.4, -0.2) is 43.4 Å². The molecule has 0 aliphatic carbocycles. The molecule has 0 fully saturated rings. The quantitative estimate of drug-likeness (QED) is 0.406. The lowest BCUT2D eigenvalue weighted by atomic mass is 10.4. The van der Waals surface area contributed by atoms with Gasteiger partial charge in [0.15, 0.2) is 6.17 Å². The first-order valence-electron chi connectivity index (χ1n) is 3.67. The molecule has 0 radical (unpaired) electrons. The maximum absolute atomic E-state index is 11.3. The summed E-state index contributed by atoms with van der Waals surface area (Å²) in [6.45, 7) is 1.27. The number of nitrogens with one attached hydrogen (secondary N) is 2. The van der Waals surface area contributed by atoms with Crippen LogP contribution in [0.4, 0.5) is 0 Å². The summed E-state index contributed by atoms with van der Waals surface area (Å²) in [6, 6.07) is 0. The maximum Gasteiger partial charge on any atom is 0.265 e. The van der Waals surface area contributed by atoms with Crippen LogP contribution >= 0.6 is 0 Å². The van der Waals surface area contributed by atoms with Gasteiger partial charge < -0.3 is 15.5 Å². The highest BCUT2D eigenvalue weighted by atomic mass is 16.2. The lowest BCUT2D eigenvalue weighted by Crippen LogP contribution is -2.53. The number of amides is 3. The van der Waals surface area contributed by atoms with Crippen LogP contribution in [-0.2, 0) is 14.4 Å². The molecule has 74 valence electrons. The molecule has 1 atom stereocenters. The van der Waals surface area contributed by atoms with Gasteiger partial charge in [-0.15, -0.1) is 0 Å². The number of carbonyl (C=O) groups excluding carboxylic acids is 3. The lowest BCUT2D eigenvalue weighted by molar-refractivity contribution is -0.136.